The molecule has 0 spiro atoms. The van der Waals surface area contributed by atoms with E-state index in [9.17, 15) is 4.79 Å². The van der Waals surface area contributed by atoms with Crippen LogP contribution in [0.4, 0.5) is 0 Å². The molecule has 2 bridgehead atoms. The van der Waals surface area contributed by atoms with E-state index < -0.39 is 0 Å². The molecule has 110 valence electrons. The molecule has 0 aromatic carbocycles. The van der Waals surface area contributed by atoms with Gasteiger partial charge in [0.2, 0.25) is 0 Å². The van der Waals surface area contributed by atoms with Crippen molar-refractivity contribution in [2.24, 2.45) is 5.92 Å². The molecule has 3 aliphatic heterocycles. The molecule has 3 saturated heterocycles. The van der Waals surface area contributed by atoms with Crippen molar-refractivity contribution in [3.05, 3.63) is 34.7 Å². The Morgan fingerprint density at radius 3 is 2.81 bits per heavy atom. The van der Waals surface area contributed by atoms with Crippen LogP contribution in [-0.4, -0.2) is 36.5 Å². The molecule has 4 nitrogen and oxygen atoms in total. The third kappa shape index (κ3) is 2.51. The lowest BCUT2D eigenvalue weighted by Crippen LogP contribution is -2.57. The predicted octanol–water partition coefficient (Wildman–Crippen LogP) is 2.83. The van der Waals surface area contributed by atoms with Gasteiger partial charge in [-0.1, -0.05) is 0 Å². The highest BCUT2D eigenvalue weighted by atomic mass is 32.1. The Labute approximate surface area is 127 Å². The average Bonchev–Trinajstić information content (AvgIpc) is 3.20. The van der Waals surface area contributed by atoms with Gasteiger partial charge < -0.3 is 14.6 Å². The van der Waals surface area contributed by atoms with Crippen molar-refractivity contribution in [3.63, 3.8) is 0 Å². The normalized spacial score (nSPS) is 27.7. The Hall–Kier alpha value is -1.59. The molecule has 5 heterocycles. The second-order valence-corrected chi connectivity index (χ2v) is 6.67. The predicted molar refractivity (Wildman–Crippen MR) is 82.4 cm³/mol. The molecule has 1 N–H and O–H groups in total. The van der Waals surface area contributed by atoms with Gasteiger partial charge in [0.1, 0.15) is 5.76 Å². The maximum atomic E-state index is 12.4. The third-order valence-electron chi connectivity index (χ3n) is 4.61. The van der Waals surface area contributed by atoms with Crippen molar-refractivity contribution < 1.29 is 9.21 Å². The number of amides is 1. The first-order valence-corrected chi connectivity index (χ1v) is 8.39. The van der Waals surface area contributed by atoms with Gasteiger partial charge in [-0.15, -0.1) is 0 Å². The monoisotopic (exact) mass is 302 g/mol. The van der Waals surface area contributed by atoms with Crippen LogP contribution >= 0.6 is 11.3 Å². The highest BCUT2D eigenvalue weighted by Gasteiger charge is 2.35. The minimum atomic E-state index is -0.0878. The number of furan rings is 1. The second kappa shape index (κ2) is 5.31. The van der Waals surface area contributed by atoms with Crippen molar-refractivity contribution in [1.82, 2.24) is 10.2 Å². The first kappa shape index (κ1) is 13.1. The molecule has 3 fully saturated rings. The van der Waals surface area contributed by atoms with Gasteiger partial charge in [-0.2, -0.15) is 11.3 Å². The molecule has 21 heavy (non-hydrogen) atoms. The maximum Gasteiger partial charge on any atom is 0.287 e. The molecule has 0 aliphatic carbocycles. The van der Waals surface area contributed by atoms with Crippen LogP contribution in [0.15, 0.2) is 33.4 Å². The fourth-order valence-electron chi connectivity index (χ4n) is 3.39. The Balaban J connectivity index is 1.46. The smallest absolute Gasteiger partial charge is 0.287 e. The van der Waals surface area contributed by atoms with Gasteiger partial charge in [0, 0.05) is 23.5 Å². The maximum absolute atomic E-state index is 12.4. The van der Waals surface area contributed by atoms with Crippen molar-refractivity contribution in [2.45, 2.75) is 18.9 Å². The van der Waals surface area contributed by atoms with E-state index in [-0.39, 0.29) is 11.9 Å². The molecule has 0 radical (unpaired) electrons. The number of carbonyl (C=O) groups excluding carboxylic acids is 1. The Morgan fingerprint density at radius 1 is 1.29 bits per heavy atom. The quantitative estimate of drug-likeness (QED) is 0.948. The van der Waals surface area contributed by atoms with E-state index >= 15 is 0 Å². The number of hydrogen-bond acceptors (Lipinski definition) is 4. The van der Waals surface area contributed by atoms with E-state index in [1.54, 1.807) is 17.4 Å². The Kier molecular flexibility index (Phi) is 3.31. The fourth-order valence-corrected chi connectivity index (χ4v) is 4.03. The van der Waals surface area contributed by atoms with Gasteiger partial charge in [-0.25, -0.2) is 0 Å². The lowest BCUT2D eigenvalue weighted by molar-refractivity contribution is 0.0606. The molecular weight excluding hydrogens is 284 g/mol. The van der Waals surface area contributed by atoms with Crippen molar-refractivity contribution in [3.8, 4) is 11.3 Å². The van der Waals surface area contributed by atoms with Crippen LogP contribution in [0.5, 0.6) is 0 Å². The van der Waals surface area contributed by atoms with Gasteiger partial charge >= 0.3 is 0 Å². The number of piperidine rings is 3. The van der Waals surface area contributed by atoms with Crippen LogP contribution in [0.2, 0.25) is 0 Å². The summed E-state index contributed by atoms with van der Waals surface area (Å²) in [7, 11) is 0. The molecule has 1 atom stereocenters. The van der Waals surface area contributed by atoms with Gasteiger partial charge in [0.15, 0.2) is 5.76 Å². The molecule has 3 aliphatic rings. The lowest BCUT2D eigenvalue weighted by Gasteiger charge is -2.44. The minimum Gasteiger partial charge on any atom is -0.451 e. The number of rotatable bonds is 3. The van der Waals surface area contributed by atoms with Crippen LogP contribution in [0.25, 0.3) is 11.3 Å². The van der Waals surface area contributed by atoms with Crippen LogP contribution in [0, 0.1) is 5.92 Å². The summed E-state index contributed by atoms with van der Waals surface area (Å²) in [6.45, 7) is 3.34. The summed E-state index contributed by atoms with van der Waals surface area (Å²) in [5.74, 6) is 1.71. The summed E-state index contributed by atoms with van der Waals surface area (Å²) < 4.78 is 5.69. The van der Waals surface area contributed by atoms with Crippen LogP contribution in [0.3, 0.4) is 0 Å². The highest BCUT2D eigenvalue weighted by Crippen LogP contribution is 2.28. The van der Waals surface area contributed by atoms with Crippen LogP contribution in [0.1, 0.15) is 23.4 Å². The van der Waals surface area contributed by atoms with Crippen LogP contribution in [-0.2, 0) is 0 Å². The third-order valence-corrected chi connectivity index (χ3v) is 5.29. The Morgan fingerprint density at radius 2 is 2.14 bits per heavy atom. The van der Waals surface area contributed by atoms with E-state index in [4.69, 9.17) is 4.42 Å². The Bertz CT molecular complexity index is 627. The molecule has 0 saturated carbocycles. The molecule has 5 heteroatoms. The second-order valence-electron chi connectivity index (χ2n) is 5.89. The number of fused-ring (bicyclic) bond motifs is 3. The summed E-state index contributed by atoms with van der Waals surface area (Å²) in [6, 6.07) is 5.91. The van der Waals surface area contributed by atoms with Crippen LogP contribution < -0.4 is 5.32 Å². The zero-order chi connectivity index (χ0) is 14.2. The van der Waals surface area contributed by atoms with E-state index in [0.717, 1.165) is 17.9 Å². The number of nitrogens with one attached hydrogen (secondary N) is 1. The average molecular weight is 302 g/mol. The summed E-state index contributed by atoms with van der Waals surface area (Å²) >= 11 is 1.62. The van der Waals surface area contributed by atoms with Gasteiger partial charge in [-0.3, -0.25) is 4.79 Å². The van der Waals surface area contributed by atoms with E-state index in [1.165, 1.54) is 25.9 Å². The molecule has 1 unspecified atom stereocenters. The first-order valence-electron chi connectivity index (χ1n) is 7.45. The van der Waals surface area contributed by atoms with Gasteiger partial charge in [0.05, 0.1) is 0 Å². The van der Waals surface area contributed by atoms with E-state index in [1.807, 2.05) is 22.9 Å². The van der Waals surface area contributed by atoms with Crippen molar-refractivity contribution in [1.29, 1.82) is 0 Å². The zero-order valence-corrected chi connectivity index (χ0v) is 12.6. The topological polar surface area (TPSA) is 45.5 Å². The number of thiophene rings is 1. The number of nitrogens with zero attached hydrogens (tertiary/aromatic N) is 1. The van der Waals surface area contributed by atoms with E-state index in [2.05, 4.69) is 10.2 Å². The van der Waals surface area contributed by atoms with Gasteiger partial charge in [0.25, 0.3) is 5.91 Å². The highest BCUT2D eigenvalue weighted by molar-refractivity contribution is 7.08. The molecule has 2 aromatic heterocycles. The number of carbonyl (C=O) groups is 1. The molecule has 5 rings (SSSR count). The van der Waals surface area contributed by atoms with Crippen molar-refractivity contribution in [2.75, 3.05) is 19.6 Å². The van der Waals surface area contributed by atoms with E-state index in [0.29, 0.717) is 11.7 Å². The van der Waals surface area contributed by atoms with Gasteiger partial charge in [-0.05, 0) is 55.4 Å². The summed E-state index contributed by atoms with van der Waals surface area (Å²) in [6.07, 6.45) is 2.40. The zero-order valence-electron chi connectivity index (χ0n) is 11.7. The minimum absolute atomic E-state index is 0.0878. The SMILES string of the molecule is O=C(NC1CN2CCC1CC2)c1ccc(-c2ccsc2)o1. The standard InChI is InChI=1S/C16H18N2O2S/c19-16(17-13-9-18-6-3-11(13)4-7-18)15-2-1-14(20-15)12-5-8-21-10-12/h1-2,5,8,10-11,13H,3-4,6-7,9H2,(H,17,19). The summed E-state index contributed by atoms with van der Waals surface area (Å²) in [4.78, 5) is 14.8. The summed E-state index contributed by atoms with van der Waals surface area (Å²) in [5.41, 5.74) is 1.03. The molecular formula is C16H18N2O2S. The lowest BCUT2D eigenvalue weighted by atomic mass is 9.84. The van der Waals surface area contributed by atoms with Crippen molar-refractivity contribution >= 4 is 17.2 Å². The largest absolute Gasteiger partial charge is 0.451 e. The fraction of sp³-hybridized carbons (Fsp3) is 0.438. The number of hydrogen-bond donors (Lipinski definition) is 1. The molecule has 2 aromatic rings. The molecule has 1 amide bonds. The summed E-state index contributed by atoms with van der Waals surface area (Å²) in [5, 5.41) is 7.18. The first-order chi connectivity index (χ1) is 10.3.